The Morgan fingerprint density at radius 3 is 2.33 bits per heavy atom. The van der Waals surface area contributed by atoms with Crippen LogP contribution >= 0.6 is 0 Å². The molecule has 0 saturated carbocycles. The molecule has 1 fully saturated rings. The first kappa shape index (κ1) is 18.6. The summed E-state index contributed by atoms with van der Waals surface area (Å²) < 4.78 is 5.22. The molecular formula is C21H20N2O4. The summed E-state index contributed by atoms with van der Waals surface area (Å²) in [5, 5.41) is 23.6. The van der Waals surface area contributed by atoms with Gasteiger partial charge in [0.1, 0.15) is 11.8 Å². The van der Waals surface area contributed by atoms with Crippen LogP contribution in [0.2, 0.25) is 0 Å². The summed E-state index contributed by atoms with van der Waals surface area (Å²) in [4.78, 5) is 25.6. The van der Waals surface area contributed by atoms with E-state index in [9.17, 15) is 20.0 Å². The van der Waals surface area contributed by atoms with Crippen LogP contribution in [0.3, 0.4) is 0 Å². The van der Waals surface area contributed by atoms with Gasteiger partial charge < -0.3 is 15.2 Å². The van der Waals surface area contributed by atoms with Crippen LogP contribution in [0, 0.1) is 23.2 Å². The minimum Gasteiger partial charge on any atom is -0.466 e. The molecule has 6 heteroatoms. The van der Waals surface area contributed by atoms with Gasteiger partial charge in [0.25, 0.3) is 0 Å². The SMILES string of the molecule is CCOC(=O)C1C(c2ccccc2)C(C#N)C(=O)NC1(O)c1ccccc1. The van der Waals surface area contributed by atoms with Gasteiger partial charge in [-0.25, -0.2) is 0 Å². The number of nitrogens with one attached hydrogen (secondary N) is 1. The van der Waals surface area contributed by atoms with Gasteiger partial charge in [0, 0.05) is 11.5 Å². The van der Waals surface area contributed by atoms with Crippen LogP contribution in [0.1, 0.15) is 24.0 Å². The molecule has 0 aliphatic carbocycles. The maximum Gasteiger partial charge on any atom is 0.314 e. The van der Waals surface area contributed by atoms with E-state index in [-0.39, 0.29) is 6.61 Å². The molecule has 0 spiro atoms. The maximum absolute atomic E-state index is 12.9. The van der Waals surface area contributed by atoms with Crippen LogP contribution in [-0.2, 0) is 20.1 Å². The standard InChI is InChI=1S/C21H20N2O4/c1-2-27-20(25)18-17(14-9-5-3-6-10-14)16(13-22)19(24)23-21(18,26)15-11-7-4-8-12-15/h3-12,16-18,26H,2H2,1H3,(H,23,24). The van der Waals surface area contributed by atoms with E-state index in [1.807, 2.05) is 6.07 Å². The first-order chi connectivity index (χ1) is 13.0. The Labute approximate surface area is 157 Å². The van der Waals surface area contributed by atoms with Crippen molar-refractivity contribution < 1.29 is 19.4 Å². The highest BCUT2D eigenvalue weighted by molar-refractivity contribution is 5.88. The quantitative estimate of drug-likeness (QED) is 0.809. The van der Waals surface area contributed by atoms with Crippen LogP contribution in [0.15, 0.2) is 60.7 Å². The lowest BCUT2D eigenvalue weighted by molar-refractivity contribution is -0.175. The van der Waals surface area contributed by atoms with Crippen molar-refractivity contribution >= 4 is 11.9 Å². The van der Waals surface area contributed by atoms with Crippen molar-refractivity contribution in [2.75, 3.05) is 6.61 Å². The number of ether oxygens (including phenoxy) is 1. The Balaban J connectivity index is 2.21. The zero-order valence-electron chi connectivity index (χ0n) is 14.8. The van der Waals surface area contributed by atoms with E-state index >= 15 is 0 Å². The van der Waals surface area contributed by atoms with Gasteiger partial charge in [-0.3, -0.25) is 9.59 Å². The summed E-state index contributed by atoms with van der Waals surface area (Å²) in [5.41, 5.74) is -1.02. The van der Waals surface area contributed by atoms with Gasteiger partial charge in [0.2, 0.25) is 5.91 Å². The number of nitriles is 1. The summed E-state index contributed by atoms with van der Waals surface area (Å²) >= 11 is 0. The predicted octanol–water partition coefficient (Wildman–Crippen LogP) is 2.06. The molecule has 138 valence electrons. The molecule has 0 bridgehead atoms. The van der Waals surface area contributed by atoms with Gasteiger partial charge in [0.15, 0.2) is 5.72 Å². The van der Waals surface area contributed by atoms with Gasteiger partial charge in [-0.2, -0.15) is 5.26 Å². The molecule has 1 amide bonds. The van der Waals surface area contributed by atoms with E-state index in [2.05, 4.69) is 5.32 Å². The van der Waals surface area contributed by atoms with Gasteiger partial charge in [-0.1, -0.05) is 60.7 Å². The number of hydrogen-bond donors (Lipinski definition) is 2. The van der Waals surface area contributed by atoms with Crippen molar-refractivity contribution in [3.63, 3.8) is 0 Å². The molecule has 1 heterocycles. The third-order valence-electron chi connectivity index (χ3n) is 4.84. The highest BCUT2D eigenvalue weighted by atomic mass is 16.5. The van der Waals surface area contributed by atoms with Gasteiger partial charge in [-0.05, 0) is 12.5 Å². The van der Waals surface area contributed by atoms with Gasteiger partial charge in [-0.15, -0.1) is 0 Å². The Morgan fingerprint density at radius 2 is 1.78 bits per heavy atom. The average Bonchev–Trinajstić information content (AvgIpc) is 2.69. The summed E-state index contributed by atoms with van der Waals surface area (Å²) in [7, 11) is 0. The minimum atomic E-state index is -1.99. The molecule has 4 atom stereocenters. The third-order valence-corrected chi connectivity index (χ3v) is 4.84. The van der Waals surface area contributed by atoms with Crippen molar-refractivity contribution in [2.24, 2.45) is 11.8 Å². The van der Waals surface area contributed by atoms with Gasteiger partial charge in [0.05, 0.1) is 12.7 Å². The fraction of sp³-hybridized carbons (Fsp3) is 0.286. The minimum absolute atomic E-state index is 0.118. The molecule has 6 nitrogen and oxygen atoms in total. The second-order valence-corrected chi connectivity index (χ2v) is 6.39. The van der Waals surface area contributed by atoms with Crippen molar-refractivity contribution in [3.8, 4) is 6.07 Å². The number of aliphatic hydroxyl groups is 1. The van der Waals surface area contributed by atoms with E-state index in [1.54, 1.807) is 67.6 Å². The first-order valence-electron chi connectivity index (χ1n) is 8.74. The number of carbonyl (C=O) groups is 2. The zero-order chi connectivity index (χ0) is 19.4. The predicted molar refractivity (Wildman–Crippen MR) is 96.9 cm³/mol. The highest BCUT2D eigenvalue weighted by Gasteiger charge is 2.57. The molecule has 3 rings (SSSR count). The normalized spacial score (nSPS) is 27.3. The van der Waals surface area contributed by atoms with E-state index in [4.69, 9.17) is 4.74 Å². The van der Waals surface area contributed by atoms with E-state index in [0.717, 1.165) is 0 Å². The molecule has 2 N–H and O–H groups in total. The molecule has 0 radical (unpaired) electrons. The first-order valence-corrected chi connectivity index (χ1v) is 8.74. The van der Waals surface area contributed by atoms with E-state index in [0.29, 0.717) is 11.1 Å². The number of carbonyl (C=O) groups excluding carboxylic acids is 2. The van der Waals surface area contributed by atoms with Crippen LogP contribution in [0.5, 0.6) is 0 Å². The number of rotatable bonds is 4. The highest BCUT2D eigenvalue weighted by Crippen LogP contribution is 2.46. The molecule has 2 aromatic rings. The molecule has 1 saturated heterocycles. The fourth-order valence-electron chi connectivity index (χ4n) is 3.65. The van der Waals surface area contributed by atoms with E-state index < -0.39 is 35.4 Å². The number of piperidine rings is 1. The van der Waals surface area contributed by atoms with Crippen LogP contribution < -0.4 is 5.32 Å². The number of hydrogen-bond acceptors (Lipinski definition) is 5. The molecule has 2 aromatic carbocycles. The van der Waals surface area contributed by atoms with Crippen molar-refractivity contribution in [2.45, 2.75) is 18.6 Å². The number of amides is 1. The Bertz CT molecular complexity index is 863. The molecule has 4 unspecified atom stereocenters. The summed E-state index contributed by atoms with van der Waals surface area (Å²) in [6.45, 7) is 1.78. The molecule has 0 aromatic heterocycles. The summed E-state index contributed by atoms with van der Waals surface area (Å²) in [6.07, 6.45) is 0. The summed E-state index contributed by atoms with van der Waals surface area (Å²) in [6, 6.07) is 19.2. The average molecular weight is 364 g/mol. The van der Waals surface area contributed by atoms with Crippen LogP contribution in [0.25, 0.3) is 0 Å². The molecule has 1 aliphatic rings. The Kier molecular flexibility index (Phi) is 5.24. The van der Waals surface area contributed by atoms with Crippen LogP contribution in [0.4, 0.5) is 0 Å². The topological polar surface area (TPSA) is 99.4 Å². The van der Waals surface area contributed by atoms with Gasteiger partial charge >= 0.3 is 5.97 Å². The molecule has 27 heavy (non-hydrogen) atoms. The smallest absolute Gasteiger partial charge is 0.314 e. The molecule has 1 aliphatic heterocycles. The largest absolute Gasteiger partial charge is 0.466 e. The van der Waals surface area contributed by atoms with E-state index in [1.165, 1.54) is 0 Å². The Morgan fingerprint density at radius 1 is 1.19 bits per heavy atom. The zero-order valence-corrected chi connectivity index (χ0v) is 14.8. The second-order valence-electron chi connectivity index (χ2n) is 6.39. The molecular weight excluding hydrogens is 344 g/mol. The third kappa shape index (κ3) is 3.29. The van der Waals surface area contributed by atoms with Crippen molar-refractivity contribution in [1.29, 1.82) is 5.26 Å². The number of esters is 1. The lowest BCUT2D eigenvalue weighted by Gasteiger charge is -2.45. The maximum atomic E-state index is 12.9. The Hall–Kier alpha value is -3.17. The lowest BCUT2D eigenvalue weighted by atomic mass is 9.67. The van der Waals surface area contributed by atoms with Crippen molar-refractivity contribution in [3.05, 3.63) is 71.8 Å². The summed E-state index contributed by atoms with van der Waals surface area (Å²) in [5.74, 6) is -4.46. The second kappa shape index (κ2) is 7.60. The number of nitrogens with zero attached hydrogens (tertiary/aromatic N) is 1. The van der Waals surface area contributed by atoms with Crippen LogP contribution in [-0.4, -0.2) is 23.6 Å². The monoisotopic (exact) mass is 364 g/mol. The fourth-order valence-corrected chi connectivity index (χ4v) is 3.65. The lowest BCUT2D eigenvalue weighted by Crippen LogP contribution is -2.62. The number of benzene rings is 2. The van der Waals surface area contributed by atoms with Crippen molar-refractivity contribution in [1.82, 2.24) is 5.32 Å².